The van der Waals surface area contributed by atoms with Gasteiger partial charge in [0.2, 0.25) is 5.78 Å². The van der Waals surface area contributed by atoms with Gasteiger partial charge < -0.3 is 5.73 Å². The molecule has 0 radical (unpaired) electrons. The van der Waals surface area contributed by atoms with Crippen LogP contribution >= 0.6 is 38.9 Å². The summed E-state index contributed by atoms with van der Waals surface area (Å²) < 4.78 is 0.796. The van der Waals surface area contributed by atoms with Gasteiger partial charge in [-0.2, -0.15) is 0 Å². The second-order valence-corrected chi connectivity index (χ2v) is 6.14. The lowest BCUT2D eigenvalue weighted by molar-refractivity contribution is 0.104. The van der Waals surface area contributed by atoms with E-state index in [1.165, 1.54) is 11.3 Å². The zero-order valence-electron chi connectivity index (χ0n) is 8.96. The SMILES string of the molecule is Cc1cc(Br)c(C(=O)c2cc(Cl)ccc2N)s1. The monoisotopic (exact) mass is 329 g/mol. The summed E-state index contributed by atoms with van der Waals surface area (Å²) in [4.78, 5) is 14.0. The quantitative estimate of drug-likeness (QED) is 0.659. The Morgan fingerprint density at radius 3 is 2.71 bits per heavy atom. The molecule has 0 saturated carbocycles. The van der Waals surface area contributed by atoms with Crippen LogP contribution < -0.4 is 5.73 Å². The standard InChI is InChI=1S/C12H9BrClNOS/c1-6-4-9(13)12(17-6)11(16)8-5-7(14)2-3-10(8)15/h2-5H,15H2,1H3. The maximum absolute atomic E-state index is 12.3. The van der Waals surface area contributed by atoms with Gasteiger partial charge in [-0.15, -0.1) is 11.3 Å². The van der Waals surface area contributed by atoms with Crippen molar-refractivity contribution in [3.8, 4) is 0 Å². The van der Waals surface area contributed by atoms with E-state index in [-0.39, 0.29) is 5.78 Å². The van der Waals surface area contributed by atoms with Gasteiger partial charge in [-0.05, 0) is 47.1 Å². The van der Waals surface area contributed by atoms with Gasteiger partial charge in [-0.25, -0.2) is 0 Å². The number of nitrogen functional groups attached to an aromatic ring is 1. The molecule has 2 nitrogen and oxygen atoms in total. The summed E-state index contributed by atoms with van der Waals surface area (Å²) in [6, 6.07) is 6.83. The molecule has 1 aromatic carbocycles. The third-order valence-electron chi connectivity index (χ3n) is 2.28. The number of rotatable bonds is 2. The molecule has 1 heterocycles. The molecule has 0 bridgehead atoms. The molecule has 0 unspecified atom stereocenters. The highest BCUT2D eigenvalue weighted by Gasteiger charge is 2.18. The van der Waals surface area contributed by atoms with Crippen molar-refractivity contribution in [3.63, 3.8) is 0 Å². The zero-order chi connectivity index (χ0) is 12.6. The van der Waals surface area contributed by atoms with E-state index in [0.29, 0.717) is 21.2 Å². The van der Waals surface area contributed by atoms with Crippen molar-refractivity contribution in [3.05, 3.63) is 49.1 Å². The molecule has 0 aliphatic carbocycles. The van der Waals surface area contributed by atoms with E-state index in [0.717, 1.165) is 9.35 Å². The molecule has 88 valence electrons. The molecule has 0 atom stereocenters. The summed E-state index contributed by atoms with van der Waals surface area (Å²) in [6.07, 6.45) is 0. The Morgan fingerprint density at radius 2 is 2.12 bits per heavy atom. The molecule has 2 rings (SSSR count). The first-order valence-corrected chi connectivity index (χ1v) is 6.83. The summed E-state index contributed by atoms with van der Waals surface area (Å²) in [6.45, 7) is 1.95. The van der Waals surface area contributed by atoms with Crippen molar-refractivity contribution in [2.45, 2.75) is 6.92 Å². The van der Waals surface area contributed by atoms with E-state index in [9.17, 15) is 4.79 Å². The zero-order valence-corrected chi connectivity index (χ0v) is 12.1. The molecule has 0 fully saturated rings. The second-order valence-electron chi connectivity index (χ2n) is 3.59. The van der Waals surface area contributed by atoms with Gasteiger partial charge in [-0.1, -0.05) is 11.6 Å². The molecule has 0 aliphatic rings. The van der Waals surface area contributed by atoms with Crippen LogP contribution in [-0.2, 0) is 0 Å². The fourth-order valence-electron chi connectivity index (χ4n) is 1.49. The predicted octanol–water partition coefficient (Wildman–Crippen LogP) is 4.29. The lowest BCUT2D eigenvalue weighted by Gasteiger charge is -2.04. The van der Waals surface area contributed by atoms with Crippen LogP contribution in [0.25, 0.3) is 0 Å². The minimum absolute atomic E-state index is 0.102. The average molecular weight is 331 g/mol. The molecule has 0 saturated heterocycles. The molecule has 0 spiro atoms. The van der Waals surface area contributed by atoms with Gasteiger partial charge in [0.05, 0.1) is 4.88 Å². The fourth-order valence-corrected chi connectivity index (χ4v) is 3.43. The highest BCUT2D eigenvalue weighted by molar-refractivity contribution is 9.10. The number of hydrogen-bond acceptors (Lipinski definition) is 3. The Hall–Kier alpha value is -0.840. The van der Waals surface area contributed by atoms with Gasteiger partial charge in [-0.3, -0.25) is 4.79 Å². The molecular weight excluding hydrogens is 322 g/mol. The van der Waals surface area contributed by atoms with Crippen molar-refractivity contribution < 1.29 is 4.79 Å². The van der Waals surface area contributed by atoms with Crippen molar-refractivity contribution in [2.75, 3.05) is 5.73 Å². The molecular formula is C12H9BrClNOS. The Labute approximate surface area is 117 Å². The first-order valence-electron chi connectivity index (χ1n) is 4.84. The largest absolute Gasteiger partial charge is 0.398 e. The smallest absolute Gasteiger partial charge is 0.206 e. The third-order valence-corrected chi connectivity index (χ3v) is 4.45. The van der Waals surface area contributed by atoms with E-state index >= 15 is 0 Å². The van der Waals surface area contributed by atoms with E-state index in [2.05, 4.69) is 15.9 Å². The molecule has 2 aromatic rings. The number of hydrogen-bond donors (Lipinski definition) is 1. The van der Waals surface area contributed by atoms with Crippen molar-refractivity contribution in [1.29, 1.82) is 0 Å². The van der Waals surface area contributed by atoms with Crippen LogP contribution in [0.2, 0.25) is 5.02 Å². The van der Waals surface area contributed by atoms with Gasteiger partial charge in [0.1, 0.15) is 0 Å². The van der Waals surface area contributed by atoms with Crippen LogP contribution in [0.4, 0.5) is 5.69 Å². The Kier molecular flexibility index (Phi) is 3.56. The van der Waals surface area contributed by atoms with Crippen LogP contribution in [-0.4, -0.2) is 5.78 Å². The Bertz CT molecular complexity index is 594. The minimum Gasteiger partial charge on any atom is -0.398 e. The maximum atomic E-state index is 12.3. The van der Waals surface area contributed by atoms with Crippen LogP contribution in [0.5, 0.6) is 0 Å². The number of carbonyl (C=O) groups excluding carboxylic acids is 1. The number of ketones is 1. The Balaban J connectivity index is 2.50. The summed E-state index contributed by atoms with van der Waals surface area (Å²) in [7, 11) is 0. The highest BCUT2D eigenvalue weighted by atomic mass is 79.9. The molecule has 0 aliphatic heterocycles. The Morgan fingerprint density at radius 1 is 1.41 bits per heavy atom. The number of thiophene rings is 1. The highest BCUT2D eigenvalue weighted by Crippen LogP contribution is 2.31. The fraction of sp³-hybridized carbons (Fsp3) is 0.0833. The minimum atomic E-state index is -0.102. The van der Waals surface area contributed by atoms with Gasteiger partial charge in [0, 0.05) is 25.6 Å². The molecule has 0 amide bonds. The lowest BCUT2D eigenvalue weighted by Crippen LogP contribution is -2.04. The van der Waals surface area contributed by atoms with E-state index < -0.39 is 0 Å². The van der Waals surface area contributed by atoms with Crippen LogP contribution in [0.15, 0.2) is 28.7 Å². The summed E-state index contributed by atoms with van der Waals surface area (Å²) in [5, 5.41) is 0.506. The first kappa shape index (κ1) is 12.6. The maximum Gasteiger partial charge on any atom is 0.206 e. The summed E-state index contributed by atoms with van der Waals surface area (Å²) in [5.41, 5.74) is 6.68. The second kappa shape index (κ2) is 4.80. The number of carbonyl (C=O) groups is 1. The van der Waals surface area contributed by atoms with Crippen LogP contribution in [0, 0.1) is 6.92 Å². The number of aryl methyl sites for hydroxylation is 1. The van der Waals surface area contributed by atoms with Crippen LogP contribution in [0.3, 0.4) is 0 Å². The number of nitrogens with two attached hydrogens (primary N) is 1. The van der Waals surface area contributed by atoms with Crippen LogP contribution in [0.1, 0.15) is 20.1 Å². The number of halogens is 2. The first-order chi connectivity index (χ1) is 7.99. The normalized spacial score (nSPS) is 10.5. The van der Waals surface area contributed by atoms with E-state index in [1.54, 1.807) is 18.2 Å². The summed E-state index contributed by atoms with van der Waals surface area (Å²) >= 11 is 10.7. The van der Waals surface area contributed by atoms with Crippen molar-refractivity contribution in [2.24, 2.45) is 0 Å². The lowest BCUT2D eigenvalue weighted by atomic mass is 10.1. The van der Waals surface area contributed by atoms with E-state index in [1.807, 2.05) is 13.0 Å². The average Bonchev–Trinajstić information content (AvgIpc) is 2.60. The van der Waals surface area contributed by atoms with E-state index in [4.69, 9.17) is 17.3 Å². The van der Waals surface area contributed by atoms with Gasteiger partial charge in [0.15, 0.2) is 0 Å². The number of anilines is 1. The molecule has 5 heteroatoms. The molecule has 1 aromatic heterocycles. The molecule has 2 N–H and O–H groups in total. The summed E-state index contributed by atoms with van der Waals surface area (Å²) in [5.74, 6) is -0.102. The predicted molar refractivity (Wildman–Crippen MR) is 76.1 cm³/mol. The van der Waals surface area contributed by atoms with Gasteiger partial charge >= 0.3 is 0 Å². The van der Waals surface area contributed by atoms with Crippen molar-refractivity contribution in [1.82, 2.24) is 0 Å². The van der Waals surface area contributed by atoms with Gasteiger partial charge in [0.25, 0.3) is 0 Å². The number of benzene rings is 1. The topological polar surface area (TPSA) is 43.1 Å². The third kappa shape index (κ3) is 2.54. The van der Waals surface area contributed by atoms with Crippen molar-refractivity contribution >= 4 is 50.3 Å². The molecule has 17 heavy (non-hydrogen) atoms.